The standard InChI is InChI=1S/C19H17ClN4O2S/c20-15-2-1-3-17(12-15)24-27(26)18-6-4-16(5-7-18)23-19(25)22-13-14-8-10-21-11-9-14/h1-12,24H,13H2,(H2,22,23,25). The Morgan fingerprint density at radius 3 is 2.44 bits per heavy atom. The first-order valence-corrected chi connectivity index (χ1v) is 9.61. The number of aromatic nitrogens is 1. The molecule has 0 aliphatic heterocycles. The number of hydrogen-bond donors (Lipinski definition) is 3. The van der Waals surface area contributed by atoms with Crippen molar-refractivity contribution in [1.29, 1.82) is 0 Å². The smallest absolute Gasteiger partial charge is 0.319 e. The lowest BCUT2D eigenvalue weighted by Gasteiger charge is -2.09. The van der Waals surface area contributed by atoms with Gasteiger partial charge in [0.15, 0.2) is 0 Å². The number of urea groups is 1. The summed E-state index contributed by atoms with van der Waals surface area (Å²) in [6, 6.07) is 17.1. The third-order valence-corrected chi connectivity index (χ3v) is 4.92. The van der Waals surface area contributed by atoms with Crippen LogP contribution in [0.5, 0.6) is 0 Å². The zero-order chi connectivity index (χ0) is 19.1. The molecule has 3 aromatic rings. The van der Waals surface area contributed by atoms with E-state index in [4.69, 9.17) is 11.6 Å². The highest BCUT2D eigenvalue weighted by molar-refractivity contribution is 7.86. The number of nitrogens with one attached hydrogen (secondary N) is 3. The van der Waals surface area contributed by atoms with Crippen molar-refractivity contribution in [2.24, 2.45) is 0 Å². The Labute approximate surface area is 164 Å². The molecule has 3 rings (SSSR count). The number of amides is 2. The van der Waals surface area contributed by atoms with Crippen molar-refractivity contribution < 1.29 is 9.00 Å². The summed E-state index contributed by atoms with van der Waals surface area (Å²) in [7, 11) is -1.43. The van der Waals surface area contributed by atoms with Gasteiger partial charge in [0.1, 0.15) is 11.0 Å². The number of carbonyl (C=O) groups excluding carboxylic acids is 1. The van der Waals surface area contributed by atoms with Crippen LogP contribution in [0.15, 0.2) is 78.0 Å². The van der Waals surface area contributed by atoms with Gasteiger partial charge in [-0.1, -0.05) is 17.7 Å². The predicted molar refractivity (Wildman–Crippen MR) is 108 cm³/mol. The summed E-state index contributed by atoms with van der Waals surface area (Å²) in [5, 5.41) is 6.06. The van der Waals surface area contributed by atoms with Gasteiger partial charge in [0.2, 0.25) is 0 Å². The topological polar surface area (TPSA) is 83.1 Å². The second kappa shape index (κ2) is 9.16. The van der Waals surface area contributed by atoms with Crippen LogP contribution in [0.1, 0.15) is 5.56 Å². The third-order valence-electron chi connectivity index (χ3n) is 3.56. The van der Waals surface area contributed by atoms with Crippen LogP contribution in [0.25, 0.3) is 0 Å². The molecule has 0 fully saturated rings. The first kappa shape index (κ1) is 18.9. The van der Waals surface area contributed by atoms with Gasteiger partial charge >= 0.3 is 6.03 Å². The molecule has 8 heteroatoms. The third kappa shape index (κ3) is 5.80. The molecule has 27 heavy (non-hydrogen) atoms. The normalized spacial score (nSPS) is 11.4. The highest BCUT2D eigenvalue weighted by Gasteiger charge is 2.06. The number of benzene rings is 2. The van der Waals surface area contributed by atoms with Crippen LogP contribution in [-0.4, -0.2) is 15.2 Å². The van der Waals surface area contributed by atoms with Crippen LogP contribution in [0.4, 0.5) is 16.2 Å². The fraction of sp³-hybridized carbons (Fsp3) is 0.0526. The van der Waals surface area contributed by atoms with E-state index in [9.17, 15) is 9.00 Å². The maximum absolute atomic E-state index is 12.4. The first-order chi connectivity index (χ1) is 13.1. The maximum Gasteiger partial charge on any atom is 0.319 e. The van der Waals surface area contributed by atoms with E-state index >= 15 is 0 Å². The molecule has 1 unspecified atom stereocenters. The summed E-state index contributed by atoms with van der Waals surface area (Å²) >= 11 is 5.92. The molecule has 2 aromatic carbocycles. The molecule has 0 radical (unpaired) electrons. The molecule has 1 heterocycles. The molecule has 0 saturated heterocycles. The summed E-state index contributed by atoms with van der Waals surface area (Å²) in [6.07, 6.45) is 3.34. The lowest BCUT2D eigenvalue weighted by molar-refractivity contribution is 0.251. The number of nitrogens with zero attached hydrogens (tertiary/aromatic N) is 1. The Bertz CT molecular complexity index is 936. The molecule has 0 saturated carbocycles. The van der Waals surface area contributed by atoms with Gasteiger partial charge in [-0.3, -0.25) is 4.98 Å². The molecule has 2 amide bonds. The summed E-state index contributed by atoms with van der Waals surface area (Å²) in [5.41, 5.74) is 2.22. The number of carbonyl (C=O) groups is 1. The zero-order valence-corrected chi connectivity index (χ0v) is 15.8. The van der Waals surface area contributed by atoms with Crippen LogP contribution in [-0.2, 0) is 17.5 Å². The molecule has 138 valence electrons. The molecule has 0 spiro atoms. The molecular weight excluding hydrogens is 384 g/mol. The number of rotatable bonds is 6. The summed E-state index contributed by atoms with van der Waals surface area (Å²) in [5.74, 6) is 0. The van der Waals surface area contributed by atoms with Crippen molar-refractivity contribution in [2.45, 2.75) is 11.4 Å². The van der Waals surface area contributed by atoms with Gasteiger partial charge < -0.3 is 15.4 Å². The van der Waals surface area contributed by atoms with Gasteiger partial charge in [-0.15, -0.1) is 0 Å². The fourth-order valence-electron chi connectivity index (χ4n) is 2.24. The molecule has 6 nitrogen and oxygen atoms in total. The van der Waals surface area contributed by atoms with Gasteiger partial charge in [0, 0.05) is 35.3 Å². The number of hydrogen-bond acceptors (Lipinski definition) is 3. The largest absolute Gasteiger partial charge is 0.334 e. The fourth-order valence-corrected chi connectivity index (χ4v) is 3.27. The van der Waals surface area contributed by atoms with Crippen molar-refractivity contribution in [2.75, 3.05) is 10.0 Å². The van der Waals surface area contributed by atoms with E-state index in [-0.39, 0.29) is 6.03 Å². The summed E-state index contributed by atoms with van der Waals surface area (Å²) < 4.78 is 15.3. The van der Waals surface area contributed by atoms with E-state index in [1.165, 1.54) is 0 Å². The minimum absolute atomic E-state index is 0.322. The van der Waals surface area contributed by atoms with E-state index < -0.39 is 11.0 Å². The average Bonchev–Trinajstić information content (AvgIpc) is 2.68. The second-order valence-corrected chi connectivity index (χ2v) is 7.22. The van der Waals surface area contributed by atoms with Gasteiger partial charge in [-0.05, 0) is 60.2 Å². The Kier molecular flexibility index (Phi) is 6.40. The highest BCUT2D eigenvalue weighted by Crippen LogP contribution is 2.18. The predicted octanol–water partition coefficient (Wildman–Crippen LogP) is 4.19. The lowest BCUT2D eigenvalue weighted by atomic mass is 10.3. The van der Waals surface area contributed by atoms with Gasteiger partial charge in [0.05, 0.1) is 4.90 Å². The van der Waals surface area contributed by atoms with Crippen molar-refractivity contribution in [3.63, 3.8) is 0 Å². The van der Waals surface area contributed by atoms with Gasteiger partial charge in [0.25, 0.3) is 0 Å². The highest BCUT2D eigenvalue weighted by atomic mass is 35.5. The van der Waals surface area contributed by atoms with E-state index in [0.717, 1.165) is 5.56 Å². The molecule has 3 N–H and O–H groups in total. The van der Waals surface area contributed by atoms with Crippen LogP contribution in [0.3, 0.4) is 0 Å². The molecule has 0 aliphatic rings. The minimum atomic E-state index is -1.43. The molecule has 0 aliphatic carbocycles. The first-order valence-electron chi connectivity index (χ1n) is 8.08. The Hall–Kier alpha value is -2.90. The van der Waals surface area contributed by atoms with E-state index in [2.05, 4.69) is 20.3 Å². The SMILES string of the molecule is O=C(NCc1ccncc1)Nc1ccc(S(=O)Nc2cccc(Cl)c2)cc1. The zero-order valence-electron chi connectivity index (χ0n) is 14.2. The maximum atomic E-state index is 12.4. The van der Waals surface area contributed by atoms with Crippen LogP contribution < -0.4 is 15.4 Å². The van der Waals surface area contributed by atoms with E-state index in [1.54, 1.807) is 60.9 Å². The van der Waals surface area contributed by atoms with Crippen molar-refractivity contribution >= 4 is 40.0 Å². The minimum Gasteiger partial charge on any atom is -0.334 e. The van der Waals surface area contributed by atoms with E-state index in [1.807, 2.05) is 12.1 Å². The van der Waals surface area contributed by atoms with Crippen molar-refractivity contribution in [1.82, 2.24) is 10.3 Å². The monoisotopic (exact) mass is 400 g/mol. The Balaban J connectivity index is 1.53. The number of pyridine rings is 1. The molecule has 0 bridgehead atoms. The lowest BCUT2D eigenvalue weighted by Crippen LogP contribution is -2.28. The van der Waals surface area contributed by atoms with E-state index in [0.29, 0.717) is 27.8 Å². The molecule has 1 aromatic heterocycles. The van der Waals surface area contributed by atoms with Crippen LogP contribution in [0, 0.1) is 0 Å². The van der Waals surface area contributed by atoms with Crippen molar-refractivity contribution in [3.8, 4) is 0 Å². The average molecular weight is 401 g/mol. The summed E-state index contributed by atoms with van der Waals surface area (Å²) in [6.45, 7) is 0.403. The van der Waals surface area contributed by atoms with Gasteiger partial charge in [-0.25, -0.2) is 9.00 Å². The van der Waals surface area contributed by atoms with Crippen LogP contribution in [0.2, 0.25) is 5.02 Å². The van der Waals surface area contributed by atoms with Gasteiger partial charge in [-0.2, -0.15) is 0 Å². The molecule has 1 atom stereocenters. The molecular formula is C19H17ClN4O2S. The Morgan fingerprint density at radius 1 is 1.00 bits per heavy atom. The number of anilines is 2. The number of halogens is 1. The Morgan fingerprint density at radius 2 is 1.74 bits per heavy atom. The van der Waals surface area contributed by atoms with Crippen LogP contribution >= 0.6 is 11.6 Å². The quantitative estimate of drug-likeness (QED) is 0.580. The van der Waals surface area contributed by atoms with Crippen molar-refractivity contribution in [3.05, 3.63) is 83.6 Å². The summed E-state index contributed by atoms with van der Waals surface area (Å²) in [4.78, 5) is 16.5. The second-order valence-electron chi connectivity index (χ2n) is 5.57.